The predicted molar refractivity (Wildman–Crippen MR) is 107 cm³/mol. The molecule has 0 saturated carbocycles. The van der Waals surface area contributed by atoms with Crippen LogP contribution in [0.25, 0.3) is 21.9 Å². The fraction of sp³-hybridized carbons (Fsp3) is 0.0526. The lowest BCUT2D eigenvalue weighted by Gasteiger charge is -2.11. The molecule has 0 spiro atoms. The van der Waals surface area contributed by atoms with E-state index in [0.29, 0.717) is 11.3 Å². The van der Waals surface area contributed by atoms with Crippen molar-refractivity contribution < 1.29 is 13.6 Å². The fourth-order valence-corrected chi connectivity index (χ4v) is 3.04. The van der Waals surface area contributed by atoms with E-state index < -0.39 is 17.0 Å². The van der Waals surface area contributed by atoms with E-state index in [1.54, 1.807) is 12.1 Å². The van der Waals surface area contributed by atoms with Crippen molar-refractivity contribution in [1.29, 1.82) is 0 Å². The Labute approximate surface area is 158 Å². The molecule has 0 aliphatic heterocycles. The van der Waals surface area contributed by atoms with Gasteiger partial charge in [0.1, 0.15) is 0 Å². The van der Waals surface area contributed by atoms with Gasteiger partial charge in [0.25, 0.3) is 5.91 Å². The first-order valence-electron chi connectivity index (χ1n) is 8.01. The summed E-state index contributed by atoms with van der Waals surface area (Å²) in [7, 11) is 0. The van der Waals surface area contributed by atoms with E-state index >= 15 is 0 Å². The number of amides is 1. The van der Waals surface area contributed by atoms with Crippen LogP contribution in [0.1, 0.15) is 10.4 Å². The van der Waals surface area contributed by atoms with Crippen molar-refractivity contribution in [1.82, 2.24) is 0 Å². The molecule has 0 aliphatic rings. The summed E-state index contributed by atoms with van der Waals surface area (Å²) in [5, 5.41) is 4.67. The molecule has 7 nitrogen and oxygen atoms in total. The molecule has 1 amide bonds. The number of benzene rings is 3. The largest absolute Gasteiger partial charge is 0.771 e. The second-order valence-corrected chi connectivity index (χ2v) is 6.68. The topological polar surface area (TPSA) is 134 Å². The normalized spacial score (nSPS) is 11.7. The van der Waals surface area contributed by atoms with Crippen LogP contribution < -0.4 is 16.8 Å². The maximum absolute atomic E-state index is 12.0. The van der Waals surface area contributed by atoms with Gasteiger partial charge in [-0.05, 0) is 57.2 Å². The molecular weight excluding hydrogens is 364 g/mol. The zero-order chi connectivity index (χ0) is 19.4. The van der Waals surface area contributed by atoms with Gasteiger partial charge in [0.05, 0.1) is 5.88 Å². The van der Waals surface area contributed by atoms with Crippen LogP contribution in [0.3, 0.4) is 0 Å². The summed E-state index contributed by atoms with van der Waals surface area (Å²) in [5.74, 6) is -0.905. The van der Waals surface area contributed by atoms with E-state index in [9.17, 15) is 13.6 Å². The van der Waals surface area contributed by atoms with E-state index in [4.69, 9.17) is 11.5 Å². The van der Waals surface area contributed by atoms with Gasteiger partial charge in [-0.25, -0.2) is 0 Å². The Hall–Kier alpha value is -3.23. The van der Waals surface area contributed by atoms with Crippen molar-refractivity contribution >= 4 is 39.4 Å². The smallest absolute Gasteiger partial charge is 0.280 e. The van der Waals surface area contributed by atoms with Crippen molar-refractivity contribution in [3.05, 3.63) is 66.2 Å². The minimum absolute atomic E-state index is 0.139. The molecule has 5 N–H and O–H groups in total. The van der Waals surface area contributed by atoms with Crippen LogP contribution >= 0.6 is 0 Å². The number of hydrogen-bond acceptors (Lipinski definition) is 4. The maximum atomic E-state index is 12.0. The Morgan fingerprint density at radius 3 is 2.48 bits per heavy atom. The summed E-state index contributed by atoms with van der Waals surface area (Å²) in [6, 6.07) is 18.5. The highest BCUT2D eigenvalue weighted by molar-refractivity contribution is 7.79. The minimum atomic E-state index is -2.15. The third-order valence-corrected chi connectivity index (χ3v) is 4.33. The lowest BCUT2D eigenvalue weighted by atomic mass is 9.97. The highest BCUT2D eigenvalue weighted by Crippen LogP contribution is 2.30. The monoisotopic (exact) mass is 381 g/mol. The van der Waals surface area contributed by atoms with E-state index in [2.05, 4.69) is 10.3 Å². The zero-order valence-electron chi connectivity index (χ0n) is 14.2. The van der Waals surface area contributed by atoms with Crippen molar-refractivity contribution in [2.75, 3.05) is 11.2 Å². The van der Waals surface area contributed by atoms with Gasteiger partial charge in [0.2, 0.25) is 0 Å². The number of nitrogens with one attached hydrogen (secondary N) is 1. The van der Waals surface area contributed by atoms with Gasteiger partial charge in [-0.2, -0.15) is 4.99 Å². The Morgan fingerprint density at radius 2 is 1.81 bits per heavy atom. The predicted octanol–water partition coefficient (Wildman–Crippen LogP) is 2.17. The molecule has 0 fully saturated rings. The molecule has 3 rings (SSSR count). The molecule has 3 aromatic rings. The van der Waals surface area contributed by atoms with Gasteiger partial charge in [-0.15, -0.1) is 0 Å². The van der Waals surface area contributed by atoms with Crippen LogP contribution in [0, 0.1) is 0 Å². The number of nitrogens with zero attached hydrogens (tertiary/aromatic N) is 1. The highest BCUT2D eigenvalue weighted by Gasteiger charge is 2.09. The molecule has 1 unspecified atom stereocenters. The Balaban J connectivity index is 1.94. The summed E-state index contributed by atoms with van der Waals surface area (Å²) in [6.45, 7) is 0. The second kappa shape index (κ2) is 7.98. The van der Waals surface area contributed by atoms with E-state index in [1.807, 2.05) is 48.5 Å². The summed E-state index contributed by atoms with van der Waals surface area (Å²) in [6.07, 6.45) is 0. The van der Waals surface area contributed by atoms with Gasteiger partial charge >= 0.3 is 0 Å². The van der Waals surface area contributed by atoms with Gasteiger partial charge in [-0.3, -0.25) is 9.00 Å². The number of nitrogens with two attached hydrogens (primary N) is 2. The van der Waals surface area contributed by atoms with E-state index in [1.165, 1.54) is 0 Å². The number of anilines is 1. The van der Waals surface area contributed by atoms with Crippen LogP contribution in [0.2, 0.25) is 0 Å². The first kappa shape index (κ1) is 18.6. The van der Waals surface area contributed by atoms with Crippen LogP contribution in [0.5, 0.6) is 0 Å². The number of aliphatic imine (C=N–C) groups is 1. The first-order valence-corrected chi connectivity index (χ1v) is 9.25. The van der Waals surface area contributed by atoms with Crippen molar-refractivity contribution in [3.63, 3.8) is 0 Å². The Kier molecular flexibility index (Phi) is 5.49. The van der Waals surface area contributed by atoms with Crippen LogP contribution in [-0.4, -0.2) is 26.5 Å². The molecule has 0 aromatic heterocycles. The van der Waals surface area contributed by atoms with E-state index in [0.717, 1.165) is 21.9 Å². The lowest BCUT2D eigenvalue weighted by molar-refractivity contribution is 0.100. The summed E-state index contributed by atoms with van der Waals surface area (Å²) < 4.78 is 21.3. The molecule has 27 heavy (non-hydrogen) atoms. The van der Waals surface area contributed by atoms with Gasteiger partial charge in [0, 0.05) is 11.3 Å². The molecule has 1 atom stereocenters. The van der Waals surface area contributed by atoms with Crippen LogP contribution in [0.15, 0.2) is 65.7 Å². The molecule has 138 valence electrons. The Bertz CT molecular complexity index is 1040. The van der Waals surface area contributed by atoms with Crippen LogP contribution in [-0.2, 0) is 11.1 Å². The molecule has 0 aliphatic carbocycles. The average molecular weight is 381 g/mol. The Morgan fingerprint density at radius 1 is 1.07 bits per heavy atom. The lowest BCUT2D eigenvalue weighted by Crippen LogP contribution is -2.24. The molecule has 0 bridgehead atoms. The standard InChI is InChI=1S/C19H18N4O3S/c20-19(21)23-18(24)14-6-9-17-13(10-14)2-1-3-16(17)12-4-7-15(8-5-12)22-11-27(25)26/h1-10,22H,11H2,(H,25,26)(H4,20,21,23,24)/p-1. The molecular formula is C19H17N4O3S-. The average Bonchev–Trinajstić information content (AvgIpc) is 2.65. The van der Waals surface area contributed by atoms with Crippen molar-refractivity contribution in [3.8, 4) is 11.1 Å². The first-order chi connectivity index (χ1) is 12.9. The quantitative estimate of drug-likeness (QED) is 0.352. The van der Waals surface area contributed by atoms with E-state index in [-0.39, 0.29) is 11.8 Å². The minimum Gasteiger partial charge on any atom is -0.771 e. The van der Waals surface area contributed by atoms with Gasteiger partial charge in [0.15, 0.2) is 5.96 Å². The molecule has 0 heterocycles. The molecule has 3 aromatic carbocycles. The number of fused-ring (bicyclic) bond motifs is 1. The maximum Gasteiger partial charge on any atom is 0.280 e. The number of rotatable bonds is 5. The summed E-state index contributed by atoms with van der Waals surface area (Å²) >= 11 is -2.15. The zero-order valence-corrected chi connectivity index (χ0v) is 15.0. The molecule has 0 radical (unpaired) electrons. The van der Waals surface area contributed by atoms with Crippen LogP contribution in [0.4, 0.5) is 5.69 Å². The van der Waals surface area contributed by atoms with Crippen molar-refractivity contribution in [2.45, 2.75) is 0 Å². The third kappa shape index (κ3) is 4.49. The summed E-state index contributed by atoms with van der Waals surface area (Å²) in [4.78, 5) is 15.6. The number of carbonyl (C=O) groups excluding carboxylic acids is 1. The molecule has 8 heteroatoms. The molecule has 0 saturated heterocycles. The SMILES string of the molecule is NC(N)=NC(=O)c1ccc2c(-c3ccc(NCS(=O)[O-])cc3)cccc2c1. The fourth-order valence-electron chi connectivity index (χ4n) is 2.76. The highest BCUT2D eigenvalue weighted by atomic mass is 32.2. The van der Waals surface area contributed by atoms with Crippen molar-refractivity contribution in [2.24, 2.45) is 16.5 Å². The number of guanidine groups is 1. The third-order valence-electron chi connectivity index (χ3n) is 3.95. The van der Waals surface area contributed by atoms with Gasteiger partial charge < -0.3 is 21.3 Å². The summed E-state index contributed by atoms with van der Waals surface area (Å²) in [5.41, 5.74) is 13.6. The second-order valence-electron chi connectivity index (χ2n) is 5.79. The number of carbonyl (C=O) groups is 1. The van der Waals surface area contributed by atoms with Gasteiger partial charge in [-0.1, -0.05) is 36.4 Å². The number of hydrogen-bond donors (Lipinski definition) is 3.